The Kier molecular flexibility index (Phi) is 11.8. The van der Waals surface area contributed by atoms with Crippen molar-refractivity contribution in [3.05, 3.63) is 59.5 Å². The fourth-order valence-corrected chi connectivity index (χ4v) is 3.33. The van der Waals surface area contributed by atoms with Gasteiger partial charge in [0.2, 0.25) is 0 Å². The van der Waals surface area contributed by atoms with Crippen LogP contribution in [-0.4, -0.2) is 41.0 Å². The van der Waals surface area contributed by atoms with Gasteiger partial charge in [-0.15, -0.1) is 0 Å². The summed E-state index contributed by atoms with van der Waals surface area (Å²) in [7, 11) is 0.830. The molecule has 1 aliphatic rings. The number of nitrogens with zero attached hydrogens (tertiary/aromatic N) is 2. The van der Waals surface area contributed by atoms with Crippen LogP contribution >= 0.6 is 0 Å². The normalized spacial score (nSPS) is 15.6. The van der Waals surface area contributed by atoms with Gasteiger partial charge >= 0.3 is 19.5 Å². The van der Waals surface area contributed by atoms with E-state index in [1.54, 1.807) is 10.6 Å². The largest absolute Gasteiger partial charge is 0.495 e. The molecule has 222 valence electrons. The van der Waals surface area contributed by atoms with Gasteiger partial charge in [-0.3, -0.25) is 9.20 Å². The average Bonchev–Trinajstić information content (AvgIpc) is 3.41. The van der Waals surface area contributed by atoms with Gasteiger partial charge in [-0.05, 0) is 63.5 Å². The summed E-state index contributed by atoms with van der Waals surface area (Å²) in [5.41, 5.74) is -1.49. The van der Waals surface area contributed by atoms with Crippen LogP contribution in [0.2, 0.25) is 0 Å². The van der Waals surface area contributed by atoms with E-state index in [2.05, 4.69) is 10.3 Å². The van der Waals surface area contributed by atoms with Gasteiger partial charge in [-0.1, -0.05) is 27.7 Å². The number of rotatable bonds is 3. The second kappa shape index (κ2) is 13.5. The number of anilines is 1. The van der Waals surface area contributed by atoms with Gasteiger partial charge in [0.25, 0.3) is 0 Å². The van der Waals surface area contributed by atoms with E-state index in [4.69, 9.17) is 9.31 Å². The number of aldehydes is 1. The van der Waals surface area contributed by atoms with Gasteiger partial charge in [-0.2, -0.15) is 26.3 Å². The van der Waals surface area contributed by atoms with Crippen molar-refractivity contribution in [1.82, 2.24) is 9.38 Å². The molecule has 1 N–H and O–H groups in total. The van der Waals surface area contributed by atoms with Crippen molar-refractivity contribution in [2.75, 3.05) is 12.4 Å². The minimum absolute atomic E-state index is 0.0842. The molecular formula is C27H36BF6N3O3. The zero-order chi connectivity index (χ0) is 31.1. The van der Waals surface area contributed by atoms with E-state index in [-0.39, 0.29) is 23.0 Å². The predicted octanol–water partition coefficient (Wildman–Crippen LogP) is 7.26. The Balaban J connectivity index is 0.000000364. The van der Waals surface area contributed by atoms with Gasteiger partial charge in [0.05, 0.1) is 28.5 Å². The number of hydrogen-bond donors (Lipinski definition) is 1. The van der Waals surface area contributed by atoms with Crippen LogP contribution in [0.3, 0.4) is 0 Å². The first kappa shape index (κ1) is 35.0. The van der Waals surface area contributed by atoms with E-state index >= 15 is 0 Å². The molecule has 2 aromatic heterocycles. The summed E-state index contributed by atoms with van der Waals surface area (Å²) < 4.78 is 87.4. The van der Waals surface area contributed by atoms with E-state index in [1.165, 1.54) is 7.05 Å². The monoisotopic (exact) mass is 575 g/mol. The molecule has 3 aromatic rings. The summed E-state index contributed by atoms with van der Waals surface area (Å²) in [6.45, 7) is 16.1. The van der Waals surface area contributed by atoms with Crippen molar-refractivity contribution in [3.8, 4) is 0 Å². The van der Waals surface area contributed by atoms with Gasteiger partial charge in [0.1, 0.15) is 11.3 Å². The third-order valence-corrected chi connectivity index (χ3v) is 6.09. The Morgan fingerprint density at radius 3 is 1.75 bits per heavy atom. The first-order chi connectivity index (χ1) is 18.5. The van der Waals surface area contributed by atoms with Crippen LogP contribution in [0.25, 0.3) is 5.65 Å². The molecule has 0 aliphatic carbocycles. The number of pyridine rings is 1. The molecule has 6 nitrogen and oxygen atoms in total. The van der Waals surface area contributed by atoms with Crippen molar-refractivity contribution >= 4 is 30.2 Å². The number of hydrogen-bond acceptors (Lipinski definition) is 5. The maximum atomic E-state index is 12.3. The Bertz CT molecular complexity index is 1210. The highest BCUT2D eigenvalue weighted by Crippen LogP contribution is 2.38. The van der Waals surface area contributed by atoms with E-state index < -0.39 is 30.6 Å². The van der Waals surface area contributed by atoms with Crippen LogP contribution in [0.5, 0.6) is 0 Å². The lowest BCUT2D eigenvalue weighted by molar-refractivity contribution is -0.143. The van der Waals surface area contributed by atoms with Crippen LogP contribution in [0, 0.1) is 0 Å². The first-order valence-corrected chi connectivity index (χ1v) is 12.7. The number of benzene rings is 1. The highest BCUT2D eigenvalue weighted by Gasteiger charge is 2.51. The van der Waals surface area contributed by atoms with Crippen molar-refractivity contribution in [1.29, 1.82) is 0 Å². The number of halogens is 6. The fraction of sp³-hybridized carbons (Fsp3) is 0.481. The van der Waals surface area contributed by atoms with Gasteiger partial charge in [0, 0.05) is 18.9 Å². The highest BCUT2D eigenvalue weighted by atomic mass is 19.4. The molecular weight excluding hydrogens is 539 g/mol. The SMILES string of the molecule is CC.CC.CC1(C)OB(c2ccn3c(C=O)cnc3c2)OC1(C)C.CNc1cc(C(F)(F)F)cc(C(F)(F)F)c1. The number of carbonyl (C=O) groups is 1. The summed E-state index contributed by atoms with van der Waals surface area (Å²) in [6, 6.07) is 5.10. The maximum Gasteiger partial charge on any atom is 0.495 e. The standard InChI is InChI=1S/C14H17BN2O3.C9H7F6N.2C2H6/c1-13(2)14(3,4)20-15(19-13)10-5-6-17-11(9-18)8-16-12(17)7-10;1-16-7-3-5(8(10,11)12)2-6(4-7)9(13,14)15;2*1-2/h5-9H,1-4H3;2-4,16H,1H3;2*1-2H3. The number of carbonyl (C=O) groups excluding carboxylic acids is 1. The van der Waals surface area contributed by atoms with E-state index in [0.29, 0.717) is 23.5 Å². The molecule has 0 spiro atoms. The lowest BCUT2D eigenvalue weighted by atomic mass is 9.80. The molecule has 1 saturated heterocycles. The molecule has 13 heteroatoms. The van der Waals surface area contributed by atoms with E-state index in [1.807, 2.05) is 73.7 Å². The molecule has 1 aliphatic heterocycles. The average molecular weight is 575 g/mol. The lowest BCUT2D eigenvalue weighted by Gasteiger charge is -2.32. The Hall–Kier alpha value is -3.06. The summed E-state index contributed by atoms with van der Waals surface area (Å²) in [5.74, 6) is 0. The van der Waals surface area contributed by atoms with Crippen molar-refractivity contribution in [2.45, 2.75) is 78.9 Å². The Labute approximate surface area is 231 Å². The van der Waals surface area contributed by atoms with Crippen LogP contribution in [0.4, 0.5) is 32.0 Å². The number of aromatic nitrogens is 2. The summed E-state index contributed by atoms with van der Waals surface area (Å²) in [5, 5.41) is 2.25. The highest BCUT2D eigenvalue weighted by molar-refractivity contribution is 6.62. The van der Waals surface area contributed by atoms with Crippen molar-refractivity contribution in [3.63, 3.8) is 0 Å². The number of nitrogens with one attached hydrogen (secondary N) is 1. The molecule has 1 fully saturated rings. The molecule has 0 atom stereocenters. The predicted molar refractivity (Wildman–Crippen MR) is 145 cm³/mol. The Morgan fingerprint density at radius 2 is 1.35 bits per heavy atom. The molecule has 0 unspecified atom stereocenters. The second-order valence-corrected chi connectivity index (χ2v) is 9.12. The molecule has 0 saturated carbocycles. The molecule has 0 radical (unpaired) electrons. The smallest absolute Gasteiger partial charge is 0.399 e. The third kappa shape index (κ3) is 8.23. The number of alkyl halides is 6. The molecule has 40 heavy (non-hydrogen) atoms. The van der Waals surface area contributed by atoms with Crippen molar-refractivity contribution < 1.29 is 40.4 Å². The van der Waals surface area contributed by atoms with Crippen LogP contribution < -0.4 is 10.8 Å². The van der Waals surface area contributed by atoms with E-state index in [9.17, 15) is 31.1 Å². The number of imidazole rings is 1. The zero-order valence-corrected chi connectivity index (χ0v) is 24.1. The molecule has 4 rings (SSSR count). The molecule has 3 heterocycles. The summed E-state index contributed by atoms with van der Waals surface area (Å²) in [6.07, 6.45) is -5.45. The minimum atomic E-state index is -4.80. The van der Waals surface area contributed by atoms with E-state index in [0.717, 1.165) is 11.7 Å². The fourth-order valence-electron chi connectivity index (χ4n) is 3.33. The molecule has 0 bridgehead atoms. The minimum Gasteiger partial charge on any atom is -0.399 e. The Morgan fingerprint density at radius 1 is 0.875 bits per heavy atom. The zero-order valence-electron chi connectivity index (χ0n) is 24.1. The van der Waals surface area contributed by atoms with Crippen LogP contribution in [0.15, 0.2) is 42.7 Å². The molecule has 0 amide bonds. The topological polar surface area (TPSA) is 64.9 Å². The first-order valence-electron chi connectivity index (χ1n) is 12.7. The third-order valence-electron chi connectivity index (χ3n) is 6.09. The van der Waals surface area contributed by atoms with Crippen LogP contribution in [0.1, 0.15) is 77.0 Å². The summed E-state index contributed by atoms with van der Waals surface area (Å²) >= 11 is 0. The molecule has 1 aromatic carbocycles. The maximum absolute atomic E-state index is 12.3. The lowest BCUT2D eigenvalue weighted by Crippen LogP contribution is -2.41. The van der Waals surface area contributed by atoms with Gasteiger partial charge in [-0.25, -0.2) is 4.98 Å². The second-order valence-electron chi connectivity index (χ2n) is 9.12. The quantitative estimate of drug-likeness (QED) is 0.202. The van der Waals surface area contributed by atoms with Crippen LogP contribution in [-0.2, 0) is 21.7 Å². The van der Waals surface area contributed by atoms with Gasteiger partial charge < -0.3 is 14.6 Å². The summed E-state index contributed by atoms with van der Waals surface area (Å²) in [4.78, 5) is 15.1. The van der Waals surface area contributed by atoms with Crippen molar-refractivity contribution in [2.24, 2.45) is 0 Å². The number of fused-ring (bicyclic) bond motifs is 1. The van der Waals surface area contributed by atoms with Gasteiger partial charge in [0.15, 0.2) is 6.29 Å².